The second-order valence-corrected chi connectivity index (χ2v) is 6.98. The molecule has 30 heavy (non-hydrogen) atoms. The summed E-state index contributed by atoms with van der Waals surface area (Å²) in [5, 5.41) is 3.41. The highest BCUT2D eigenvalue weighted by Gasteiger charge is 2.19. The van der Waals surface area contributed by atoms with E-state index in [1.54, 1.807) is 20.2 Å². The van der Waals surface area contributed by atoms with Gasteiger partial charge < -0.3 is 30.3 Å². The zero-order valence-electron chi connectivity index (χ0n) is 17.5. The van der Waals surface area contributed by atoms with Crippen molar-refractivity contribution < 1.29 is 14.3 Å². The van der Waals surface area contributed by atoms with Gasteiger partial charge in [0.25, 0.3) is 5.91 Å². The van der Waals surface area contributed by atoms with Gasteiger partial charge in [0, 0.05) is 45.5 Å². The van der Waals surface area contributed by atoms with Crippen LogP contribution < -0.4 is 25.4 Å². The highest BCUT2D eigenvalue weighted by molar-refractivity contribution is 5.80. The zero-order chi connectivity index (χ0) is 21.3. The van der Waals surface area contributed by atoms with Gasteiger partial charge in [-0.3, -0.25) is 9.79 Å². The number of nitrogens with one attached hydrogen (secondary N) is 1. The van der Waals surface area contributed by atoms with Gasteiger partial charge in [-0.05, 0) is 42.0 Å². The largest absolute Gasteiger partial charge is 0.497 e. The molecule has 1 heterocycles. The van der Waals surface area contributed by atoms with Gasteiger partial charge in [0.05, 0.1) is 7.11 Å². The van der Waals surface area contributed by atoms with Crippen LogP contribution in [0.1, 0.15) is 5.56 Å². The number of piperazine rings is 1. The number of methoxy groups -OCH3 is 1. The van der Waals surface area contributed by atoms with E-state index in [2.05, 4.69) is 32.2 Å². The van der Waals surface area contributed by atoms with Gasteiger partial charge in [0.15, 0.2) is 12.6 Å². The summed E-state index contributed by atoms with van der Waals surface area (Å²) in [6.07, 6.45) is 0. The number of hydrogen-bond donors (Lipinski definition) is 2. The number of nitrogens with two attached hydrogens (primary N) is 1. The summed E-state index contributed by atoms with van der Waals surface area (Å²) >= 11 is 0. The van der Waals surface area contributed by atoms with Crippen LogP contribution in [0.5, 0.6) is 11.5 Å². The zero-order valence-corrected chi connectivity index (χ0v) is 17.5. The minimum absolute atomic E-state index is 0.128. The van der Waals surface area contributed by atoms with E-state index in [0.29, 0.717) is 12.3 Å². The van der Waals surface area contributed by atoms with Gasteiger partial charge in [0.1, 0.15) is 11.5 Å². The summed E-state index contributed by atoms with van der Waals surface area (Å²) in [5.74, 6) is 1.86. The Hall–Kier alpha value is -3.42. The first-order chi connectivity index (χ1) is 14.6. The molecule has 2 aromatic rings. The molecule has 2 aromatic carbocycles. The lowest BCUT2D eigenvalue weighted by Gasteiger charge is -2.37. The maximum absolute atomic E-state index is 10.9. The normalized spacial score (nSPS) is 14.4. The Morgan fingerprint density at radius 3 is 2.47 bits per heavy atom. The fourth-order valence-corrected chi connectivity index (χ4v) is 3.38. The topological polar surface area (TPSA) is 92.4 Å². The van der Waals surface area contributed by atoms with Crippen molar-refractivity contribution in [3.63, 3.8) is 0 Å². The van der Waals surface area contributed by atoms with Crippen molar-refractivity contribution in [2.45, 2.75) is 6.54 Å². The van der Waals surface area contributed by atoms with Crippen molar-refractivity contribution in [1.29, 1.82) is 0 Å². The molecule has 1 aliphatic rings. The van der Waals surface area contributed by atoms with Gasteiger partial charge in [-0.2, -0.15) is 0 Å². The Balaban J connectivity index is 1.51. The van der Waals surface area contributed by atoms with E-state index in [1.807, 2.05) is 30.3 Å². The molecular weight excluding hydrogens is 382 g/mol. The average molecular weight is 412 g/mol. The first-order valence-electron chi connectivity index (χ1n) is 9.93. The number of nitrogens with zero attached hydrogens (tertiary/aromatic N) is 3. The summed E-state index contributed by atoms with van der Waals surface area (Å²) in [4.78, 5) is 19.9. The van der Waals surface area contributed by atoms with Crippen molar-refractivity contribution in [2.75, 3.05) is 51.8 Å². The van der Waals surface area contributed by atoms with Crippen LogP contribution in [-0.2, 0) is 11.3 Å². The number of benzene rings is 2. The van der Waals surface area contributed by atoms with Crippen molar-refractivity contribution in [2.24, 2.45) is 10.7 Å². The average Bonchev–Trinajstić information content (AvgIpc) is 2.79. The predicted octanol–water partition coefficient (Wildman–Crippen LogP) is 1.46. The first kappa shape index (κ1) is 21.3. The summed E-state index contributed by atoms with van der Waals surface area (Å²) < 4.78 is 10.6. The van der Waals surface area contributed by atoms with Crippen molar-refractivity contribution in [3.05, 3.63) is 54.1 Å². The lowest BCUT2D eigenvalue weighted by atomic mass is 10.2. The molecule has 0 saturated carbocycles. The molecule has 1 fully saturated rings. The van der Waals surface area contributed by atoms with Crippen molar-refractivity contribution >= 4 is 17.6 Å². The van der Waals surface area contributed by atoms with Crippen LogP contribution in [0.2, 0.25) is 0 Å². The molecule has 1 aliphatic heterocycles. The van der Waals surface area contributed by atoms with E-state index in [9.17, 15) is 4.79 Å². The van der Waals surface area contributed by atoms with Crippen LogP contribution in [0.3, 0.4) is 0 Å². The fourth-order valence-electron chi connectivity index (χ4n) is 3.38. The first-order valence-corrected chi connectivity index (χ1v) is 9.93. The van der Waals surface area contributed by atoms with Crippen LogP contribution in [-0.4, -0.2) is 63.7 Å². The Morgan fingerprint density at radius 2 is 1.83 bits per heavy atom. The quantitative estimate of drug-likeness (QED) is 0.529. The number of ether oxygens (including phenoxy) is 2. The summed E-state index contributed by atoms with van der Waals surface area (Å²) in [6.45, 7) is 4.09. The molecule has 8 heteroatoms. The molecule has 0 spiro atoms. The van der Waals surface area contributed by atoms with Crippen molar-refractivity contribution in [3.8, 4) is 11.5 Å². The Labute approximate surface area is 177 Å². The van der Waals surface area contributed by atoms with Crippen LogP contribution in [0.4, 0.5) is 5.69 Å². The molecular formula is C22H29N5O3. The number of rotatable bonds is 7. The third-order valence-corrected chi connectivity index (χ3v) is 4.96. The molecule has 0 aromatic heterocycles. The highest BCUT2D eigenvalue weighted by Crippen LogP contribution is 2.20. The van der Waals surface area contributed by atoms with Crippen LogP contribution in [0, 0.1) is 0 Å². The maximum Gasteiger partial charge on any atom is 0.255 e. The lowest BCUT2D eigenvalue weighted by molar-refractivity contribution is -0.119. The number of anilines is 1. The van der Waals surface area contributed by atoms with Crippen LogP contribution in [0.15, 0.2) is 53.5 Å². The number of hydrogen-bond acceptors (Lipinski definition) is 5. The van der Waals surface area contributed by atoms with E-state index < -0.39 is 5.91 Å². The number of aliphatic imine (C=N–C) groups is 1. The van der Waals surface area contributed by atoms with E-state index in [0.717, 1.165) is 43.5 Å². The number of carbonyl (C=O) groups is 1. The van der Waals surface area contributed by atoms with Gasteiger partial charge in [-0.15, -0.1) is 0 Å². The smallest absolute Gasteiger partial charge is 0.255 e. The molecule has 160 valence electrons. The molecule has 0 bridgehead atoms. The number of amides is 1. The van der Waals surface area contributed by atoms with Gasteiger partial charge in [0.2, 0.25) is 0 Å². The number of guanidine groups is 1. The molecule has 3 N–H and O–H groups in total. The number of carbonyl (C=O) groups excluding carboxylic acids is 1. The lowest BCUT2D eigenvalue weighted by Crippen LogP contribution is -2.52. The van der Waals surface area contributed by atoms with Gasteiger partial charge >= 0.3 is 0 Å². The highest BCUT2D eigenvalue weighted by atomic mass is 16.5. The third-order valence-electron chi connectivity index (χ3n) is 4.96. The monoisotopic (exact) mass is 411 g/mol. The van der Waals surface area contributed by atoms with Gasteiger partial charge in [-0.1, -0.05) is 12.1 Å². The van der Waals surface area contributed by atoms with E-state index in [4.69, 9.17) is 15.2 Å². The fraction of sp³-hybridized carbons (Fsp3) is 0.364. The maximum atomic E-state index is 10.9. The number of primary amides is 1. The minimum atomic E-state index is -0.493. The Bertz CT molecular complexity index is 861. The van der Waals surface area contributed by atoms with E-state index in [-0.39, 0.29) is 6.61 Å². The van der Waals surface area contributed by atoms with Crippen molar-refractivity contribution in [1.82, 2.24) is 10.2 Å². The predicted molar refractivity (Wildman–Crippen MR) is 118 cm³/mol. The molecule has 1 amide bonds. The Morgan fingerprint density at radius 1 is 1.10 bits per heavy atom. The molecule has 1 saturated heterocycles. The summed E-state index contributed by atoms with van der Waals surface area (Å²) in [6, 6.07) is 15.8. The second-order valence-electron chi connectivity index (χ2n) is 6.98. The van der Waals surface area contributed by atoms with Gasteiger partial charge in [-0.25, -0.2) is 0 Å². The van der Waals surface area contributed by atoms with E-state index >= 15 is 0 Å². The summed E-state index contributed by atoms with van der Waals surface area (Å²) in [7, 11) is 3.47. The minimum Gasteiger partial charge on any atom is -0.497 e. The SMILES string of the molecule is CN=C(NCc1cccc(OCC(N)=O)c1)N1CCN(c2ccc(OC)cc2)CC1. The standard InChI is InChI=1S/C22H29N5O3/c1-24-22(25-15-17-4-3-5-20(14-17)30-16-21(23)28)27-12-10-26(11-13-27)18-6-8-19(29-2)9-7-18/h3-9,14H,10-13,15-16H2,1-2H3,(H2,23,28)(H,24,25). The van der Waals surface area contributed by atoms with Crippen LogP contribution >= 0.6 is 0 Å². The third kappa shape index (κ3) is 5.79. The second kappa shape index (κ2) is 10.4. The molecule has 8 nitrogen and oxygen atoms in total. The molecule has 0 radical (unpaired) electrons. The van der Waals surface area contributed by atoms with Crippen LogP contribution in [0.25, 0.3) is 0 Å². The molecule has 3 rings (SSSR count). The summed E-state index contributed by atoms with van der Waals surface area (Å²) in [5.41, 5.74) is 7.37. The Kier molecular flexibility index (Phi) is 7.37. The molecule has 0 aliphatic carbocycles. The van der Waals surface area contributed by atoms with E-state index in [1.165, 1.54) is 5.69 Å². The molecule has 0 unspecified atom stereocenters. The molecule has 0 atom stereocenters.